The molecule has 0 saturated carbocycles. The lowest BCUT2D eigenvalue weighted by Crippen LogP contribution is -2.35. The minimum Gasteiger partial charge on any atom is -0.504 e. The number of ether oxygens (including phenoxy) is 2. The molecule has 1 heterocycles. The van der Waals surface area contributed by atoms with Gasteiger partial charge in [-0.2, -0.15) is 0 Å². The minimum absolute atomic E-state index is 0.238. The van der Waals surface area contributed by atoms with Gasteiger partial charge in [0.15, 0.2) is 11.5 Å². The smallest absolute Gasteiger partial charge is 0.162 e. The average molecular weight is 263 g/mol. The van der Waals surface area contributed by atoms with Crippen molar-refractivity contribution < 1.29 is 14.6 Å². The molecule has 0 aliphatic carbocycles. The van der Waals surface area contributed by atoms with Crippen LogP contribution in [-0.2, 0) is 17.7 Å². The average Bonchev–Trinajstić information content (AvgIpc) is 2.43. The van der Waals surface area contributed by atoms with E-state index in [2.05, 4.69) is 11.5 Å². The highest BCUT2D eigenvalue weighted by Gasteiger charge is 2.16. The molecule has 1 aromatic rings. The maximum Gasteiger partial charge on any atom is 0.162 e. The van der Waals surface area contributed by atoms with E-state index in [0.717, 1.165) is 50.4 Å². The van der Waals surface area contributed by atoms with Gasteiger partial charge in [0, 0.05) is 25.2 Å². The molecule has 2 rings (SSSR count). The number of aromatic hydroxyl groups is 1. The predicted molar refractivity (Wildman–Crippen MR) is 74.7 cm³/mol. The van der Waals surface area contributed by atoms with Crippen LogP contribution in [0.2, 0.25) is 0 Å². The van der Waals surface area contributed by atoms with Crippen LogP contribution in [0.3, 0.4) is 0 Å². The van der Waals surface area contributed by atoms with Gasteiger partial charge in [0.05, 0.1) is 20.3 Å². The van der Waals surface area contributed by atoms with Crippen LogP contribution >= 0.6 is 0 Å². The Balaban J connectivity index is 2.21. The second-order valence-corrected chi connectivity index (χ2v) is 4.69. The van der Waals surface area contributed by atoms with E-state index in [4.69, 9.17) is 9.47 Å². The fourth-order valence-corrected chi connectivity index (χ4v) is 2.29. The van der Waals surface area contributed by atoms with E-state index >= 15 is 0 Å². The van der Waals surface area contributed by atoms with Gasteiger partial charge in [-0.25, -0.2) is 0 Å². The first-order valence-electron chi connectivity index (χ1n) is 6.54. The molecule has 4 heteroatoms. The molecule has 0 aromatic heterocycles. The van der Waals surface area contributed by atoms with E-state index in [1.165, 1.54) is 0 Å². The highest BCUT2D eigenvalue weighted by atomic mass is 16.5. The summed E-state index contributed by atoms with van der Waals surface area (Å²) in [5.41, 5.74) is 2.01. The second kappa shape index (κ2) is 6.59. The van der Waals surface area contributed by atoms with Crippen LogP contribution in [0, 0.1) is 0 Å². The van der Waals surface area contributed by atoms with Crippen molar-refractivity contribution in [2.45, 2.75) is 13.0 Å². The van der Waals surface area contributed by atoms with Crippen LogP contribution < -0.4 is 4.74 Å². The zero-order chi connectivity index (χ0) is 13.7. The van der Waals surface area contributed by atoms with E-state index in [9.17, 15) is 5.11 Å². The van der Waals surface area contributed by atoms with Crippen LogP contribution in [-0.4, -0.2) is 43.4 Å². The van der Waals surface area contributed by atoms with Crippen LogP contribution in [0.5, 0.6) is 11.5 Å². The number of hydrogen-bond donors (Lipinski definition) is 1. The van der Waals surface area contributed by atoms with E-state index < -0.39 is 0 Å². The molecule has 104 valence electrons. The normalized spacial score (nSPS) is 16.3. The van der Waals surface area contributed by atoms with Crippen LogP contribution in [0.4, 0.5) is 0 Å². The molecule has 4 nitrogen and oxygen atoms in total. The molecule has 1 aliphatic rings. The molecule has 0 bridgehead atoms. The van der Waals surface area contributed by atoms with Crippen molar-refractivity contribution in [3.05, 3.63) is 35.9 Å². The Morgan fingerprint density at radius 2 is 2.16 bits per heavy atom. The highest BCUT2D eigenvalue weighted by Crippen LogP contribution is 2.32. The molecule has 1 saturated heterocycles. The molecular weight excluding hydrogens is 242 g/mol. The molecule has 0 amide bonds. The Morgan fingerprint density at radius 1 is 1.42 bits per heavy atom. The summed E-state index contributed by atoms with van der Waals surface area (Å²) >= 11 is 0. The van der Waals surface area contributed by atoms with Gasteiger partial charge >= 0.3 is 0 Å². The predicted octanol–water partition coefficient (Wildman–Crippen LogP) is 1.96. The summed E-state index contributed by atoms with van der Waals surface area (Å²) < 4.78 is 10.6. The lowest BCUT2D eigenvalue weighted by molar-refractivity contribution is 0.0338. The first kappa shape index (κ1) is 13.9. The fraction of sp³-hybridized carbons (Fsp3) is 0.467. The Hall–Kier alpha value is -1.52. The molecule has 0 spiro atoms. The third kappa shape index (κ3) is 3.49. The van der Waals surface area contributed by atoms with E-state index in [0.29, 0.717) is 5.75 Å². The number of methoxy groups -OCH3 is 1. The molecule has 0 atom stereocenters. The summed E-state index contributed by atoms with van der Waals surface area (Å²) in [5.74, 6) is 0.768. The number of benzene rings is 1. The van der Waals surface area contributed by atoms with Crippen LogP contribution in [0.25, 0.3) is 0 Å². The topological polar surface area (TPSA) is 41.9 Å². The Labute approximate surface area is 114 Å². The third-order valence-corrected chi connectivity index (χ3v) is 3.31. The highest BCUT2D eigenvalue weighted by molar-refractivity contribution is 5.48. The van der Waals surface area contributed by atoms with Crippen molar-refractivity contribution in [1.82, 2.24) is 4.90 Å². The van der Waals surface area contributed by atoms with Crippen molar-refractivity contribution >= 4 is 0 Å². The Kier molecular flexibility index (Phi) is 4.82. The number of allylic oxidation sites excluding steroid dienone is 1. The first-order chi connectivity index (χ1) is 9.24. The van der Waals surface area contributed by atoms with Crippen LogP contribution in [0.1, 0.15) is 11.1 Å². The minimum atomic E-state index is 0.238. The number of morpholine rings is 1. The molecule has 1 fully saturated rings. The van der Waals surface area contributed by atoms with E-state index in [1.54, 1.807) is 7.11 Å². The molecule has 19 heavy (non-hydrogen) atoms. The van der Waals surface area contributed by atoms with Gasteiger partial charge in [-0.3, -0.25) is 4.90 Å². The maximum atomic E-state index is 10.2. The van der Waals surface area contributed by atoms with Gasteiger partial charge in [-0.15, -0.1) is 6.58 Å². The standard InChI is InChI=1S/C15H21NO3/c1-3-4-12-9-13(15(17)14(10-12)18-2)11-16-5-7-19-8-6-16/h3,9-10,17H,1,4-8,11H2,2H3. The third-order valence-electron chi connectivity index (χ3n) is 3.31. The quantitative estimate of drug-likeness (QED) is 0.825. The number of phenolic OH excluding ortho intramolecular Hbond substituents is 1. The Bertz CT molecular complexity index is 439. The van der Waals surface area contributed by atoms with Gasteiger partial charge in [0.2, 0.25) is 0 Å². The SMILES string of the molecule is C=CCc1cc(CN2CCOCC2)c(O)c(OC)c1. The van der Waals surface area contributed by atoms with Crippen LogP contribution in [0.15, 0.2) is 24.8 Å². The molecule has 1 N–H and O–H groups in total. The van der Waals surface area contributed by atoms with E-state index in [-0.39, 0.29) is 5.75 Å². The summed E-state index contributed by atoms with van der Waals surface area (Å²) in [6.45, 7) is 7.77. The largest absolute Gasteiger partial charge is 0.504 e. The molecule has 0 unspecified atom stereocenters. The number of nitrogens with zero attached hydrogens (tertiary/aromatic N) is 1. The van der Waals surface area contributed by atoms with Gasteiger partial charge < -0.3 is 14.6 Å². The Morgan fingerprint density at radius 3 is 2.79 bits per heavy atom. The molecule has 1 aromatic carbocycles. The number of phenols is 1. The summed E-state index contributed by atoms with van der Waals surface area (Å²) in [5, 5.41) is 10.2. The maximum absolute atomic E-state index is 10.2. The van der Waals surface area contributed by atoms with E-state index in [1.807, 2.05) is 18.2 Å². The first-order valence-corrected chi connectivity index (χ1v) is 6.54. The summed E-state index contributed by atoms with van der Waals surface area (Å²) in [6.07, 6.45) is 2.62. The zero-order valence-electron chi connectivity index (χ0n) is 11.4. The van der Waals surface area contributed by atoms with Gasteiger partial charge in [-0.1, -0.05) is 12.1 Å². The van der Waals surface area contributed by atoms with Crippen molar-refractivity contribution in [3.63, 3.8) is 0 Å². The van der Waals surface area contributed by atoms with Gasteiger partial charge in [-0.05, 0) is 18.1 Å². The van der Waals surface area contributed by atoms with Crippen molar-refractivity contribution in [3.8, 4) is 11.5 Å². The van der Waals surface area contributed by atoms with Gasteiger partial charge in [0.1, 0.15) is 0 Å². The summed E-state index contributed by atoms with van der Waals surface area (Å²) in [7, 11) is 1.57. The molecule has 1 aliphatic heterocycles. The van der Waals surface area contributed by atoms with Gasteiger partial charge in [0.25, 0.3) is 0 Å². The second-order valence-electron chi connectivity index (χ2n) is 4.69. The summed E-state index contributed by atoms with van der Waals surface area (Å²) in [4.78, 5) is 2.27. The lowest BCUT2D eigenvalue weighted by Gasteiger charge is -2.27. The fourth-order valence-electron chi connectivity index (χ4n) is 2.29. The number of rotatable bonds is 5. The number of hydrogen-bond acceptors (Lipinski definition) is 4. The summed E-state index contributed by atoms with van der Waals surface area (Å²) in [6, 6.07) is 3.88. The zero-order valence-corrected chi connectivity index (χ0v) is 11.4. The van der Waals surface area contributed by atoms with Crippen molar-refractivity contribution in [2.24, 2.45) is 0 Å². The lowest BCUT2D eigenvalue weighted by atomic mass is 10.1. The van der Waals surface area contributed by atoms with Crippen molar-refractivity contribution in [1.29, 1.82) is 0 Å². The molecule has 0 radical (unpaired) electrons. The molecular formula is C15H21NO3. The monoisotopic (exact) mass is 263 g/mol. The van der Waals surface area contributed by atoms with Crippen molar-refractivity contribution in [2.75, 3.05) is 33.4 Å².